The Bertz CT molecular complexity index is 491. The molecule has 2 rings (SSSR count). The maximum absolute atomic E-state index is 11.8. The van der Waals surface area contributed by atoms with Crippen LogP contribution in [0.4, 0.5) is 5.69 Å². The van der Waals surface area contributed by atoms with Gasteiger partial charge in [0.1, 0.15) is 0 Å². The summed E-state index contributed by atoms with van der Waals surface area (Å²) in [5.41, 5.74) is 1.28. The molecule has 1 aromatic carbocycles. The van der Waals surface area contributed by atoms with Crippen molar-refractivity contribution in [3.63, 3.8) is 0 Å². The van der Waals surface area contributed by atoms with Gasteiger partial charge in [0.15, 0.2) is 0 Å². The van der Waals surface area contributed by atoms with Crippen LogP contribution < -0.4 is 5.32 Å². The van der Waals surface area contributed by atoms with Crippen LogP contribution in [0.25, 0.3) is 0 Å². The van der Waals surface area contributed by atoms with E-state index in [1.54, 1.807) is 18.2 Å². The van der Waals surface area contributed by atoms with Crippen LogP contribution in [0.3, 0.4) is 0 Å². The zero-order chi connectivity index (χ0) is 14.7. The lowest BCUT2D eigenvalue weighted by Gasteiger charge is -2.21. The monoisotopic (exact) mass is 296 g/mol. The first-order valence-electron chi connectivity index (χ1n) is 6.89. The van der Waals surface area contributed by atoms with E-state index in [4.69, 9.17) is 16.3 Å². The summed E-state index contributed by atoms with van der Waals surface area (Å²) in [5.74, 6) is -0.345. The molecular formula is C15H21ClN2O2. The predicted octanol–water partition coefficient (Wildman–Crippen LogP) is 3.02. The Kier molecular flexibility index (Phi) is 4.89. The predicted molar refractivity (Wildman–Crippen MR) is 81.5 cm³/mol. The minimum Gasteiger partial charge on any atom is -0.465 e. The lowest BCUT2D eigenvalue weighted by molar-refractivity contribution is 0.0602. The molecule has 1 N–H and O–H groups in total. The summed E-state index contributed by atoms with van der Waals surface area (Å²) in [6.07, 6.45) is 1.06. The van der Waals surface area contributed by atoms with Crippen molar-refractivity contribution in [2.24, 2.45) is 0 Å². The molecule has 0 aliphatic carbocycles. The molecule has 0 saturated carbocycles. The molecule has 1 aliphatic rings. The Hall–Kier alpha value is -1.26. The molecule has 1 saturated heterocycles. The fraction of sp³-hybridized carbons (Fsp3) is 0.533. The highest BCUT2D eigenvalue weighted by molar-refractivity contribution is 6.31. The second-order valence-corrected chi connectivity index (χ2v) is 5.84. The molecule has 20 heavy (non-hydrogen) atoms. The smallest absolute Gasteiger partial charge is 0.339 e. The third-order valence-corrected chi connectivity index (χ3v) is 3.93. The Morgan fingerprint density at radius 1 is 1.50 bits per heavy atom. The van der Waals surface area contributed by atoms with E-state index in [9.17, 15) is 4.79 Å². The van der Waals surface area contributed by atoms with Crippen molar-refractivity contribution in [1.82, 2.24) is 4.90 Å². The molecule has 0 spiro atoms. The zero-order valence-electron chi connectivity index (χ0n) is 12.1. The lowest BCUT2D eigenvalue weighted by Crippen LogP contribution is -2.31. The van der Waals surface area contributed by atoms with Gasteiger partial charge < -0.3 is 10.1 Å². The molecule has 110 valence electrons. The Morgan fingerprint density at radius 2 is 2.25 bits per heavy atom. The van der Waals surface area contributed by atoms with Gasteiger partial charge in [-0.15, -0.1) is 0 Å². The lowest BCUT2D eigenvalue weighted by atomic mass is 10.1. The molecular weight excluding hydrogens is 276 g/mol. The van der Waals surface area contributed by atoms with Gasteiger partial charge in [-0.25, -0.2) is 4.79 Å². The fourth-order valence-corrected chi connectivity index (χ4v) is 2.69. The number of nitrogens with one attached hydrogen (secondary N) is 1. The molecule has 0 aromatic heterocycles. The molecule has 1 heterocycles. The highest BCUT2D eigenvalue weighted by atomic mass is 35.5. The van der Waals surface area contributed by atoms with Crippen LogP contribution in [-0.4, -0.2) is 43.2 Å². The number of hydrogen-bond donors (Lipinski definition) is 1. The van der Waals surface area contributed by atoms with Crippen molar-refractivity contribution in [3.05, 3.63) is 28.8 Å². The van der Waals surface area contributed by atoms with E-state index in [2.05, 4.69) is 24.1 Å². The Morgan fingerprint density at radius 3 is 2.85 bits per heavy atom. The molecule has 1 unspecified atom stereocenters. The number of halogens is 1. The molecule has 0 amide bonds. The number of anilines is 1. The van der Waals surface area contributed by atoms with E-state index in [0.717, 1.165) is 25.2 Å². The van der Waals surface area contributed by atoms with E-state index >= 15 is 0 Å². The second-order valence-electron chi connectivity index (χ2n) is 5.40. The van der Waals surface area contributed by atoms with Crippen LogP contribution in [0.2, 0.25) is 5.02 Å². The van der Waals surface area contributed by atoms with Gasteiger partial charge in [-0.05, 0) is 38.5 Å². The van der Waals surface area contributed by atoms with Gasteiger partial charge in [-0.1, -0.05) is 11.6 Å². The molecule has 0 radical (unpaired) electrons. The number of ether oxygens (including phenoxy) is 1. The SMILES string of the molecule is COC(=O)c1ccc(Cl)cc1NC1CCN(C(C)C)C1. The van der Waals surface area contributed by atoms with Gasteiger partial charge in [-0.2, -0.15) is 0 Å². The first-order valence-corrected chi connectivity index (χ1v) is 7.27. The van der Waals surface area contributed by atoms with E-state index < -0.39 is 0 Å². The molecule has 5 heteroatoms. The molecule has 4 nitrogen and oxygen atoms in total. The van der Waals surface area contributed by atoms with Crippen molar-refractivity contribution in [2.45, 2.75) is 32.4 Å². The molecule has 1 aromatic rings. The number of methoxy groups -OCH3 is 1. The van der Waals surface area contributed by atoms with E-state index in [1.807, 2.05) is 0 Å². The molecule has 0 bridgehead atoms. The van der Waals surface area contributed by atoms with Crippen molar-refractivity contribution < 1.29 is 9.53 Å². The number of carbonyl (C=O) groups is 1. The van der Waals surface area contributed by atoms with Gasteiger partial charge in [0.2, 0.25) is 0 Å². The van der Waals surface area contributed by atoms with Crippen LogP contribution in [0, 0.1) is 0 Å². The summed E-state index contributed by atoms with van der Waals surface area (Å²) in [4.78, 5) is 14.2. The first-order chi connectivity index (χ1) is 9.51. The quantitative estimate of drug-likeness (QED) is 0.867. The molecule has 1 atom stereocenters. The standard InChI is InChI=1S/C15H21ClN2O2/c1-10(2)18-7-6-12(9-18)17-14-8-11(16)4-5-13(14)15(19)20-3/h4-5,8,10,12,17H,6-7,9H2,1-3H3. The summed E-state index contributed by atoms with van der Waals surface area (Å²) in [7, 11) is 1.39. The largest absolute Gasteiger partial charge is 0.465 e. The highest BCUT2D eigenvalue weighted by Gasteiger charge is 2.25. The molecule has 1 fully saturated rings. The van der Waals surface area contributed by atoms with Gasteiger partial charge in [0.05, 0.1) is 18.4 Å². The minimum atomic E-state index is -0.345. The van der Waals surface area contributed by atoms with E-state index in [0.29, 0.717) is 22.7 Å². The van der Waals surface area contributed by atoms with Gasteiger partial charge in [0, 0.05) is 30.2 Å². The normalized spacial score (nSPS) is 19.4. The van der Waals surface area contributed by atoms with Gasteiger partial charge in [0.25, 0.3) is 0 Å². The van der Waals surface area contributed by atoms with E-state index in [-0.39, 0.29) is 5.97 Å². The van der Waals surface area contributed by atoms with E-state index in [1.165, 1.54) is 7.11 Å². The number of rotatable bonds is 4. The van der Waals surface area contributed by atoms with Gasteiger partial charge >= 0.3 is 5.97 Å². The fourth-order valence-electron chi connectivity index (χ4n) is 2.52. The average Bonchev–Trinajstić information content (AvgIpc) is 2.87. The Balaban J connectivity index is 2.13. The maximum Gasteiger partial charge on any atom is 0.339 e. The van der Waals surface area contributed by atoms with Crippen LogP contribution in [0.1, 0.15) is 30.6 Å². The van der Waals surface area contributed by atoms with Crippen molar-refractivity contribution in [3.8, 4) is 0 Å². The summed E-state index contributed by atoms with van der Waals surface area (Å²) < 4.78 is 4.81. The number of likely N-dealkylation sites (tertiary alicyclic amines) is 1. The summed E-state index contributed by atoms with van der Waals surface area (Å²) in [6, 6.07) is 6.06. The van der Waals surface area contributed by atoms with Crippen molar-refractivity contribution in [2.75, 3.05) is 25.5 Å². The number of benzene rings is 1. The first kappa shape index (κ1) is 15.1. The highest BCUT2D eigenvalue weighted by Crippen LogP contribution is 2.25. The summed E-state index contributed by atoms with van der Waals surface area (Å²) in [6.45, 7) is 6.44. The third kappa shape index (κ3) is 3.44. The zero-order valence-corrected chi connectivity index (χ0v) is 12.9. The number of esters is 1. The van der Waals surface area contributed by atoms with Crippen LogP contribution in [0.15, 0.2) is 18.2 Å². The van der Waals surface area contributed by atoms with Crippen LogP contribution in [0.5, 0.6) is 0 Å². The minimum absolute atomic E-state index is 0.333. The summed E-state index contributed by atoms with van der Waals surface area (Å²) in [5, 5.41) is 4.03. The maximum atomic E-state index is 11.8. The average molecular weight is 297 g/mol. The topological polar surface area (TPSA) is 41.6 Å². The number of nitrogens with zero attached hydrogens (tertiary/aromatic N) is 1. The number of hydrogen-bond acceptors (Lipinski definition) is 4. The van der Waals surface area contributed by atoms with Crippen molar-refractivity contribution >= 4 is 23.3 Å². The van der Waals surface area contributed by atoms with Crippen LogP contribution in [-0.2, 0) is 4.74 Å². The molecule has 1 aliphatic heterocycles. The van der Waals surface area contributed by atoms with Gasteiger partial charge in [-0.3, -0.25) is 4.90 Å². The summed E-state index contributed by atoms with van der Waals surface area (Å²) >= 11 is 6.03. The Labute approximate surface area is 125 Å². The second kappa shape index (κ2) is 6.46. The number of carbonyl (C=O) groups excluding carboxylic acids is 1. The van der Waals surface area contributed by atoms with Crippen LogP contribution >= 0.6 is 11.6 Å². The third-order valence-electron chi connectivity index (χ3n) is 3.70. The van der Waals surface area contributed by atoms with Crippen molar-refractivity contribution in [1.29, 1.82) is 0 Å².